The van der Waals surface area contributed by atoms with Crippen LogP contribution in [0.2, 0.25) is 0 Å². The minimum atomic E-state index is -0.973. The molecule has 3 N–H and O–H groups in total. The predicted molar refractivity (Wildman–Crippen MR) is 252 cm³/mol. The summed E-state index contributed by atoms with van der Waals surface area (Å²) in [6.45, 7) is 6.87. The zero-order valence-corrected chi connectivity index (χ0v) is 39.1. The van der Waals surface area contributed by atoms with Gasteiger partial charge in [-0.2, -0.15) is 0 Å². The van der Waals surface area contributed by atoms with Crippen LogP contribution in [0, 0.1) is 5.92 Å². The van der Waals surface area contributed by atoms with E-state index in [0.717, 1.165) is 0 Å². The maximum atomic E-state index is 12.8. The van der Waals surface area contributed by atoms with E-state index in [1.807, 2.05) is 26.0 Å². The molecule has 3 aliphatic heterocycles. The van der Waals surface area contributed by atoms with Crippen molar-refractivity contribution in [2.45, 2.75) is 94.8 Å². The average Bonchev–Trinajstić information content (AvgIpc) is 3.95. The van der Waals surface area contributed by atoms with Gasteiger partial charge in [0.1, 0.15) is 49.8 Å². The molecule has 16 heteroatoms. The first-order valence-corrected chi connectivity index (χ1v) is 22.9. The molecule has 3 saturated heterocycles. The van der Waals surface area contributed by atoms with E-state index in [4.69, 9.17) is 53.2 Å². The van der Waals surface area contributed by atoms with Crippen LogP contribution in [0.25, 0.3) is 0 Å². The van der Waals surface area contributed by atoms with Crippen LogP contribution < -0.4 is 0 Å². The van der Waals surface area contributed by atoms with E-state index in [2.05, 4.69) is 0 Å². The Morgan fingerprint density at radius 3 is 1.06 bits per heavy atom. The lowest BCUT2D eigenvalue weighted by molar-refractivity contribution is -0.0443. The maximum Gasteiger partial charge on any atom is 0.338 e. The van der Waals surface area contributed by atoms with Crippen LogP contribution >= 0.6 is 0 Å². The smallest absolute Gasteiger partial charge is 0.338 e. The van der Waals surface area contributed by atoms with Crippen molar-refractivity contribution in [1.82, 2.24) is 0 Å². The van der Waals surface area contributed by atoms with Gasteiger partial charge in [0, 0.05) is 5.92 Å². The highest BCUT2D eigenvalue weighted by atomic mass is 16.7. The molecule has 0 saturated carbocycles. The summed E-state index contributed by atoms with van der Waals surface area (Å²) in [7, 11) is 0. The largest absolute Gasteiger partial charge is 0.459 e. The molecule has 0 aliphatic carbocycles. The molecule has 0 bridgehead atoms. The molecular weight excluding hydrogens is 905 g/mol. The number of carbonyl (C=O) groups excluding carboxylic acids is 5. The molecule has 3 fully saturated rings. The first kappa shape index (κ1) is 52.6. The molecule has 3 aliphatic rings. The van der Waals surface area contributed by atoms with Gasteiger partial charge in [-0.1, -0.05) is 97.9 Å². The summed E-state index contributed by atoms with van der Waals surface area (Å²) >= 11 is 0. The molecule has 12 atom stereocenters. The van der Waals surface area contributed by atoms with Gasteiger partial charge in [0.15, 0.2) is 12.2 Å². The fraction of sp³-hybridized carbons (Fsp3) is 0.352. The number of esters is 5. The second-order valence-corrected chi connectivity index (χ2v) is 16.8. The number of rotatable bonds is 13. The molecule has 0 radical (unpaired) electrons. The molecule has 16 nitrogen and oxygen atoms in total. The number of aliphatic hydroxyl groups excluding tert-OH is 3. The number of ether oxygens (including phenoxy) is 8. The van der Waals surface area contributed by atoms with E-state index in [0.29, 0.717) is 27.8 Å². The van der Waals surface area contributed by atoms with Gasteiger partial charge in [0.25, 0.3) is 0 Å². The third-order valence-corrected chi connectivity index (χ3v) is 11.9. The fourth-order valence-electron chi connectivity index (χ4n) is 7.76. The Balaban J connectivity index is 0.000000196. The Labute approximate surface area is 406 Å². The SMILES string of the molecule is CC1O[C@@H](CO)[C@@H](O)C1O.CC1O[C@@H](COC(=O)c2ccccc2)[C@@H](OC(=O)c2ccccc2)C1C.C[C@H]1O[C@@H](COC(=O)c2ccccc2)[C@@H](OC(=O)c2ccccc2)C1OC(=O)c1ccccc1. The molecule has 5 aromatic carbocycles. The zero-order valence-electron chi connectivity index (χ0n) is 39.1. The van der Waals surface area contributed by atoms with E-state index in [1.54, 1.807) is 153 Å². The van der Waals surface area contributed by atoms with Gasteiger partial charge in [0.05, 0.1) is 52.7 Å². The highest BCUT2D eigenvalue weighted by Gasteiger charge is 2.49. The number of aliphatic hydroxyl groups is 3. The first-order chi connectivity index (χ1) is 33.7. The molecule has 5 unspecified atom stereocenters. The monoisotopic (exact) mass is 962 g/mol. The van der Waals surface area contributed by atoms with Gasteiger partial charge in [-0.05, 0) is 81.4 Å². The second-order valence-electron chi connectivity index (χ2n) is 16.8. The Morgan fingerprint density at radius 2 is 0.714 bits per heavy atom. The van der Waals surface area contributed by atoms with E-state index >= 15 is 0 Å². The van der Waals surface area contributed by atoms with Gasteiger partial charge in [-0.3, -0.25) is 0 Å². The molecule has 0 spiro atoms. The van der Waals surface area contributed by atoms with Crippen molar-refractivity contribution < 1.29 is 77.2 Å². The lowest BCUT2D eigenvalue weighted by Crippen LogP contribution is -2.41. The van der Waals surface area contributed by atoms with Crippen molar-refractivity contribution in [2.75, 3.05) is 19.8 Å². The van der Waals surface area contributed by atoms with Crippen LogP contribution in [-0.4, -0.2) is 132 Å². The predicted octanol–water partition coefficient (Wildman–Crippen LogP) is 6.06. The highest BCUT2D eigenvalue weighted by molar-refractivity contribution is 5.91. The number of hydrogen-bond donors (Lipinski definition) is 3. The number of benzene rings is 5. The summed E-state index contributed by atoms with van der Waals surface area (Å²) in [5.41, 5.74) is 2.05. The summed E-state index contributed by atoms with van der Waals surface area (Å²) in [5, 5.41) is 26.8. The molecule has 70 heavy (non-hydrogen) atoms. The Kier molecular flexibility index (Phi) is 19.3. The molecule has 0 aromatic heterocycles. The summed E-state index contributed by atoms with van der Waals surface area (Å²) in [6.07, 6.45) is -7.13. The number of hydrogen-bond acceptors (Lipinski definition) is 16. The Morgan fingerprint density at radius 1 is 0.400 bits per heavy atom. The van der Waals surface area contributed by atoms with E-state index < -0.39 is 84.8 Å². The van der Waals surface area contributed by atoms with E-state index in [9.17, 15) is 24.0 Å². The van der Waals surface area contributed by atoms with Crippen LogP contribution in [0.15, 0.2) is 152 Å². The Bertz CT molecular complexity index is 2420. The van der Waals surface area contributed by atoms with Crippen LogP contribution in [0.5, 0.6) is 0 Å². The summed E-state index contributed by atoms with van der Waals surface area (Å²) in [6, 6.07) is 43.1. The third-order valence-electron chi connectivity index (χ3n) is 11.9. The van der Waals surface area contributed by atoms with Gasteiger partial charge in [-0.15, -0.1) is 0 Å². The standard InChI is InChI=1S/C27H24O7.C21H22O5.C6H12O4/c1-18-23(33-26(29)20-13-7-3-8-14-20)24(34-27(30)21-15-9-4-10-16-21)22(32-18)17-31-25(28)19-11-5-2-6-12-19;1-14-15(2)25-18(13-24-20(22)16-9-5-3-6-10-16)19(14)26-21(23)17-11-7-4-8-12-17;1-3-5(8)6(9)4(2-7)10-3/h2-16,18,22-24H,17H2,1H3;3-12,14-15,18-19H,13H2,1-2H3;3-9H,2H2,1H3/t18-,22+,23?,24-;14?,15?,18-,19-;3?,4-,5?,6+/m100/s1. The molecular formula is C54H58O16. The zero-order chi connectivity index (χ0) is 50.2. The summed E-state index contributed by atoms with van der Waals surface area (Å²) in [5.74, 6) is -2.51. The van der Waals surface area contributed by atoms with Crippen LogP contribution in [-0.2, 0) is 37.9 Å². The minimum Gasteiger partial charge on any atom is -0.459 e. The summed E-state index contributed by atoms with van der Waals surface area (Å²) < 4.78 is 44.7. The van der Waals surface area contributed by atoms with Crippen molar-refractivity contribution in [3.8, 4) is 0 Å². The quantitative estimate of drug-likeness (QED) is 0.0902. The van der Waals surface area contributed by atoms with Crippen molar-refractivity contribution in [3.63, 3.8) is 0 Å². The molecule has 3 heterocycles. The molecule has 0 amide bonds. The van der Waals surface area contributed by atoms with Crippen molar-refractivity contribution in [2.24, 2.45) is 5.92 Å². The first-order valence-electron chi connectivity index (χ1n) is 22.9. The van der Waals surface area contributed by atoms with Crippen LogP contribution in [0.3, 0.4) is 0 Å². The van der Waals surface area contributed by atoms with E-state index in [1.165, 1.54) is 0 Å². The number of carbonyl (C=O) groups is 5. The normalized spacial score (nSPS) is 26.5. The minimum absolute atomic E-state index is 0.00286. The average molecular weight is 963 g/mol. The second kappa shape index (κ2) is 25.7. The highest BCUT2D eigenvalue weighted by Crippen LogP contribution is 2.31. The van der Waals surface area contributed by atoms with Gasteiger partial charge in [0.2, 0.25) is 0 Å². The molecule has 8 rings (SSSR count). The molecule has 5 aromatic rings. The van der Waals surface area contributed by atoms with Crippen molar-refractivity contribution in [1.29, 1.82) is 0 Å². The molecule has 370 valence electrons. The van der Waals surface area contributed by atoms with E-state index in [-0.39, 0.29) is 37.9 Å². The van der Waals surface area contributed by atoms with Crippen molar-refractivity contribution >= 4 is 29.8 Å². The topological polar surface area (TPSA) is 220 Å². The van der Waals surface area contributed by atoms with Crippen LogP contribution in [0.1, 0.15) is 79.5 Å². The third kappa shape index (κ3) is 14.2. The van der Waals surface area contributed by atoms with Gasteiger partial charge < -0.3 is 53.2 Å². The Hall–Kier alpha value is -6.79. The van der Waals surface area contributed by atoms with Gasteiger partial charge in [-0.25, -0.2) is 24.0 Å². The summed E-state index contributed by atoms with van der Waals surface area (Å²) in [4.78, 5) is 62.4. The lowest BCUT2D eigenvalue weighted by atomic mass is 9.99. The van der Waals surface area contributed by atoms with Crippen LogP contribution in [0.4, 0.5) is 0 Å². The van der Waals surface area contributed by atoms with Crippen molar-refractivity contribution in [3.05, 3.63) is 179 Å². The maximum absolute atomic E-state index is 12.8. The lowest BCUT2D eigenvalue weighted by Gasteiger charge is -2.24. The van der Waals surface area contributed by atoms with Gasteiger partial charge >= 0.3 is 29.8 Å². The fourth-order valence-corrected chi connectivity index (χ4v) is 7.76.